The predicted molar refractivity (Wildman–Crippen MR) is 66.0 cm³/mol. The highest BCUT2D eigenvalue weighted by molar-refractivity contribution is 9.10. The summed E-state index contributed by atoms with van der Waals surface area (Å²) in [5, 5.41) is 0. The number of hydrogen-bond donors (Lipinski definition) is 1. The third-order valence-electron chi connectivity index (χ3n) is 2.27. The molecule has 0 saturated heterocycles. The molecule has 0 aliphatic carbocycles. The summed E-state index contributed by atoms with van der Waals surface area (Å²) >= 11 is 3.32. The van der Waals surface area contributed by atoms with E-state index in [9.17, 15) is 0 Å². The molecule has 0 atom stereocenters. The Balaban J connectivity index is 2.48. The molecule has 0 aliphatic heterocycles. The molecule has 5 heteroatoms. The van der Waals surface area contributed by atoms with Crippen LogP contribution in [0.2, 0.25) is 0 Å². The molecule has 0 fully saturated rings. The van der Waals surface area contributed by atoms with E-state index in [2.05, 4.69) is 25.9 Å². The quantitative estimate of drug-likeness (QED) is 0.919. The van der Waals surface area contributed by atoms with Crippen LogP contribution in [0.25, 0.3) is 11.6 Å². The van der Waals surface area contributed by atoms with Crippen molar-refractivity contribution in [1.29, 1.82) is 0 Å². The first-order valence-corrected chi connectivity index (χ1v) is 5.79. The number of hydrogen-bond acceptors (Lipinski definition) is 4. The van der Waals surface area contributed by atoms with Crippen LogP contribution in [-0.2, 0) is 6.42 Å². The Morgan fingerprint density at radius 3 is 2.69 bits per heavy atom. The summed E-state index contributed by atoms with van der Waals surface area (Å²) in [5.74, 6) is 2.52. The molecule has 2 rings (SSSR count). The first-order chi connectivity index (χ1) is 7.61. The van der Waals surface area contributed by atoms with Gasteiger partial charge in [0, 0.05) is 6.42 Å². The third kappa shape index (κ3) is 1.95. The van der Waals surface area contributed by atoms with Crippen LogP contribution in [-0.4, -0.2) is 9.97 Å². The van der Waals surface area contributed by atoms with Gasteiger partial charge in [0.25, 0.3) is 0 Å². The zero-order chi connectivity index (χ0) is 11.7. The Labute approximate surface area is 102 Å². The summed E-state index contributed by atoms with van der Waals surface area (Å²) in [6.07, 6.45) is 0.852. The summed E-state index contributed by atoms with van der Waals surface area (Å²) in [6, 6.07) is 3.78. The van der Waals surface area contributed by atoms with E-state index >= 15 is 0 Å². The number of aryl methyl sites for hydroxylation is 2. The SMILES string of the molecule is CCc1ccc(-c2nc(C)c(Br)c(N)n2)o1. The van der Waals surface area contributed by atoms with Crippen LogP contribution < -0.4 is 5.73 Å². The number of rotatable bonds is 2. The van der Waals surface area contributed by atoms with E-state index in [-0.39, 0.29) is 0 Å². The van der Waals surface area contributed by atoms with Crippen LogP contribution >= 0.6 is 15.9 Å². The van der Waals surface area contributed by atoms with Gasteiger partial charge in [0.05, 0.1) is 10.2 Å². The largest absolute Gasteiger partial charge is 0.458 e. The van der Waals surface area contributed by atoms with Gasteiger partial charge in [-0.2, -0.15) is 0 Å². The minimum absolute atomic E-state index is 0.428. The summed E-state index contributed by atoms with van der Waals surface area (Å²) in [4.78, 5) is 8.50. The van der Waals surface area contributed by atoms with Crippen molar-refractivity contribution >= 4 is 21.7 Å². The fourth-order valence-corrected chi connectivity index (χ4v) is 1.56. The Bertz CT molecular complexity index is 499. The maximum Gasteiger partial charge on any atom is 0.197 e. The van der Waals surface area contributed by atoms with E-state index in [1.54, 1.807) is 0 Å². The van der Waals surface area contributed by atoms with Crippen molar-refractivity contribution in [3.05, 3.63) is 28.1 Å². The molecule has 0 amide bonds. The van der Waals surface area contributed by atoms with E-state index in [0.29, 0.717) is 17.4 Å². The van der Waals surface area contributed by atoms with Gasteiger partial charge < -0.3 is 10.2 Å². The Morgan fingerprint density at radius 1 is 1.38 bits per heavy atom. The van der Waals surface area contributed by atoms with Gasteiger partial charge in [-0.15, -0.1) is 0 Å². The topological polar surface area (TPSA) is 64.9 Å². The average molecular weight is 282 g/mol. The molecule has 2 aromatic rings. The van der Waals surface area contributed by atoms with E-state index in [0.717, 1.165) is 22.3 Å². The number of furan rings is 1. The second-order valence-electron chi connectivity index (χ2n) is 3.45. The standard InChI is InChI=1S/C11H12BrN3O/c1-3-7-4-5-8(16-7)11-14-6(2)9(12)10(13)15-11/h4-5H,3H2,1-2H3,(H2,13,14,15). The maximum atomic E-state index is 5.76. The molecule has 84 valence electrons. The van der Waals surface area contributed by atoms with Crippen LogP contribution in [0, 0.1) is 6.92 Å². The molecule has 0 bridgehead atoms. The fourth-order valence-electron chi connectivity index (χ4n) is 1.38. The zero-order valence-corrected chi connectivity index (χ0v) is 10.7. The number of aromatic nitrogens is 2. The fraction of sp³-hybridized carbons (Fsp3) is 0.273. The second kappa shape index (κ2) is 4.25. The number of nitrogen functional groups attached to an aromatic ring is 1. The number of nitrogens with two attached hydrogens (primary N) is 1. The summed E-state index contributed by atoms with van der Waals surface area (Å²) in [7, 11) is 0. The predicted octanol–water partition coefficient (Wildman–Crippen LogP) is 2.95. The smallest absolute Gasteiger partial charge is 0.197 e. The van der Waals surface area contributed by atoms with Crippen LogP contribution in [0.15, 0.2) is 21.0 Å². The highest BCUT2D eigenvalue weighted by atomic mass is 79.9. The molecule has 2 aromatic heterocycles. The highest BCUT2D eigenvalue weighted by Gasteiger charge is 2.11. The molecule has 4 nitrogen and oxygen atoms in total. The minimum atomic E-state index is 0.428. The zero-order valence-electron chi connectivity index (χ0n) is 9.12. The third-order valence-corrected chi connectivity index (χ3v) is 3.25. The van der Waals surface area contributed by atoms with Crippen molar-refractivity contribution in [3.8, 4) is 11.6 Å². The molecule has 0 aromatic carbocycles. The lowest BCUT2D eigenvalue weighted by atomic mass is 10.3. The summed E-state index contributed by atoms with van der Waals surface area (Å²) in [6.45, 7) is 3.90. The van der Waals surface area contributed by atoms with Gasteiger partial charge in [-0.25, -0.2) is 9.97 Å². The second-order valence-corrected chi connectivity index (χ2v) is 4.24. The molecule has 0 radical (unpaired) electrons. The lowest BCUT2D eigenvalue weighted by molar-refractivity contribution is 0.525. The normalized spacial score (nSPS) is 10.7. The van der Waals surface area contributed by atoms with Crippen molar-refractivity contribution in [2.45, 2.75) is 20.3 Å². The first kappa shape index (κ1) is 11.1. The van der Waals surface area contributed by atoms with Gasteiger partial charge in [0.15, 0.2) is 11.6 Å². The lowest BCUT2D eigenvalue weighted by Gasteiger charge is -2.03. The van der Waals surface area contributed by atoms with Crippen molar-refractivity contribution in [2.75, 3.05) is 5.73 Å². The van der Waals surface area contributed by atoms with E-state index < -0.39 is 0 Å². The van der Waals surface area contributed by atoms with Crippen LogP contribution in [0.3, 0.4) is 0 Å². The molecular weight excluding hydrogens is 270 g/mol. The molecule has 0 spiro atoms. The van der Waals surface area contributed by atoms with Gasteiger partial charge in [-0.1, -0.05) is 6.92 Å². The molecule has 0 aliphatic rings. The minimum Gasteiger partial charge on any atom is -0.458 e. The van der Waals surface area contributed by atoms with Crippen molar-refractivity contribution < 1.29 is 4.42 Å². The summed E-state index contributed by atoms with van der Waals surface area (Å²) in [5.41, 5.74) is 6.56. The van der Waals surface area contributed by atoms with E-state index in [1.165, 1.54) is 0 Å². The van der Waals surface area contributed by atoms with Gasteiger partial charge >= 0.3 is 0 Å². The molecule has 2 heterocycles. The summed E-state index contributed by atoms with van der Waals surface area (Å²) < 4.78 is 6.31. The first-order valence-electron chi connectivity index (χ1n) is 5.00. The Hall–Kier alpha value is -1.36. The van der Waals surface area contributed by atoms with Crippen molar-refractivity contribution in [3.63, 3.8) is 0 Å². The van der Waals surface area contributed by atoms with Gasteiger partial charge in [0.2, 0.25) is 0 Å². The molecule has 2 N–H and O–H groups in total. The lowest BCUT2D eigenvalue weighted by Crippen LogP contribution is -1.99. The van der Waals surface area contributed by atoms with Crippen LogP contribution in [0.5, 0.6) is 0 Å². The van der Waals surface area contributed by atoms with E-state index in [4.69, 9.17) is 10.2 Å². The monoisotopic (exact) mass is 281 g/mol. The van der Waals surface area contributed by atoms with Crippen molar-refractivity contribution in [2.24, 2.45) is 0 Å². The molecule has 16 heavy (non-hydrogen) atoms. The van der Waals surface area contributed by atoms with Crippen molar-refractivity contribution in [1.82, 2.24) is 9.97 Å². The number of nitrogens with zero attached hydrogens (tertiary/aromatic N) is 2. The molecular formula is C11H12BrN3O. The number of anilines is 1. The average Bonchev–Trinajstić information content (AvgIpc) is 2.73. The number of halogens is 1. The van der Waals surface area contributed by atoms with E-state index in [1.807, 2.05) is 26.0 Å². The Morgan fingerprint density at radius 2 is 2.12 bits per heavy atom. The van der Waals surface area contributed by atoms with Gasteiger partial charge in [0.1, 0.15) is 11.6 Å². The van der Waals surface area contributed by atoms with Gasteiger partial charge in [-0.3, -0.25) is 0 Å². The maximum absolute atomic E-state index is 5.76. The highest BCUT2D eigenvalue weighted by Crippen LogP contribution is 2.25. The molecule has 0 unspecified atom stereocenters. The molecule has 0 saturated carbocycles. The van der Waals surface area contributed by atoms with Gasteiger partial charge in [-0.05, 0) is 35.0 Å². The van der Waals surface area contributed by atoms with Crippen LogP contribution in [0.4, 0.5) is 5.82 Å². The Kier molecular flexibility index (Phi) is 2.96. The van der Waals surface area contributed by atoms with Crippen LogP contribution in [0.1, 0.15) is 18.4 Å².